The predicted molar refractivity (Wildman–Crippen MR) is 121 cm³/mol. The summed E-state index contributed by atoms with van der Waals surface area (Å²) in [7, 11) is 0. The molecule has 0 aliphatic carbocycles. The summed E-state index contributed by atoms with van der Waals surface area (Å²) in [5.74, 6) is 1.10. The molecule has 176 valence electrons. The van der Waals surface area contributed by atoms with Crippen LogP contribution in [-0.4, -0.2) is 79.3 Å². The van der Waals surface area contributed by atoms with Crippen LogP contribution in [0.3, 0.4) is 0 Å². The van der Waals surface area contributed by atoms with Crippen molar-refractivity contribution >= 4 is 11.8 Å². The van der Waals surface area contributed by atoms with Crippen molar-refractivity contribution in [2.45, 2.75) is 63.6 Å². The standard InChI is InChI=1S/C25H36N2O5/c1-2-30-21-7-5-20(6-8-21)17-23(28)27-14-10-25(11-15-27)18-22(9-16-32-25)31-19-24(29)26-12-3-4-13-26/h5-8,22H,2-4,9-19H2,1H3. The zero-order valence-corrected chi connectivity index (χ0v) is 19.2. The summed E-state index contributed by atoms with van der Waals surface area (Å²) >= 11 is 0. The van der Waals surface area contributed by atoms with Crippen LogP contribution in [0.2, 0.25) is 0 Å². The van der Waals surface area contributed by atoms with Gasteiger partial charge in [0, 0.05) is 39.2 Å². The van der Waals surface area contributed by atoms with Gasteiger partial charge >= 0.3 is 0 Å². The highest BCUT2D eigenvalue weighted by Gasteiger charge is 2.41. The molecule has 0 aromatic heterocycles. The molecule has 1 unspecified atom stereocenters. The Balaban J connectivity index is 1.22. The van der Waals surface area contributed by atoms with Crippen molar-refractivity contribution in [1.29, 1.82) is 0 Å². The minimum atomic E-state index is -0.227. The second-order valence-corrected chi connectivity index (χ2v) is 9.18. The molecule has 3 heterocycles. The minimum Gasteiger partial charge on any atom is -0.494 e. The van der Waals surface area contributed by atoms with E-state index in [-0.39, 0.29) is 30.1 Å². The fourth-order valence-electron chi connectivity index (χ4n) is 5.04. The zero-order chi connectivity index (χ0) is 22.4. The molecule has 3 saturated heterocycles. The lowest BCUT2D eigenvalue weighted by atomic mass is 9.83. The molecule has 3 aliphatic rings. The van der Waals surface area contributed by atoms with E-state index in [1.54, 1.807) is 0 Å². The van der Waals surface area contributed by atoms with E-state index >= 15 is 0 Å². The number of hydrogen-bond donors (Lipinski definition) is 0. The Morgan fingerprint density at radius 1 is 1.03 bits per heavy atom. The molecule has 4 rings (SSSR count). The topological polar surface area (TPSA) is 68.3 Å². The van der Waals surface area contributed by atoms with Gasteiger partial charge in [-0.05, 0) is 56.7 Å². The molecule has 32 heavy (non-hydrogen) atoms. The molecule has 0 radical (unpaired) electrons. The maximum atomic E-state index is 12.8. The summed E-state index contributed by atoms with van der Waals surface area (Å²) < 4.78 is 17.7. The maximum Gasteiger partial charge on any atom is 0.248 e. The molecule has 1 aromatic carbocycles. The van der Waals surface area contributed by atoms with Gasteiger partial charge in [0.25, 0.3) is 0 Å². The van der Waals surface area contributed by atoms with Crippen LogP contribution in [0.1, 0.15) is 51.0 Å². The Bertz CT molecular complexity index is 767. The molecule has 7 nitrogen and oxygen atoms in total. The van der Waals surface area contributed by atoms with Crippen LogP contribution in [0.5, 0.6) is 5.75 Å². The average molecular weight is 445 g/mol. The third-order valence-electron chi connectivity index (χ3n) is 6.97. The highest BCUT2D eigenvalue weighted by Crippen LogP contribution is 2.36. The minimum absolute atomic E-state index is 0.0569. The van der Waals surface area contributed by atoms with E-state index in [2.05, 4.69) is 0 Å². The quantitative estimate of drug-likeness (QED) is 0.647. The van der Waals surface area contributed by atoms with Crippen LogP contribution in [0.15, 0.2) is 24.3 Å². The number of ether oxygens (including phenoxy) is 3. The fourth-order valence-corrected chi connectivity index (χ4v) is 5.04. The Labute approximate surface area is 191 Å². The van der Waals surface area contributed by atoms with Gasteiger partial charge in [-0.2, -0.15) is 0 Å². The molecule has 7 heteroatoms. The Morgan fingerprint density at radius 3 is 2.41 bits per heavy atom. The highest BCUT2D eigenvalue weighted by atomic mass is 16.5. The lowest BCUT2D eigenvalue weighted by Crippen LogP contribution is -2.52. The molecule has 1 aromatic rings. The van der Waals surface area contributed by atoms with Crippen molar-refractivity contribution in [3.63, 3.8) is 0 Å². The van der Waals surface area contributed by atoms with Crippen molar-refractivity contribution in [1.82, 2.24) is 9.80 Å². The second kappa shape index (κ2) is 10.7. The van der Waals surface area contributed by atoms with Gasteiger partial charge in [-0.1, -0.05) is 12.1 Å². The number of carbonyl (C=O) groups is 2. The van der Waals surface area contributed by atoms with Gasteiger partial charge in [0.2, 0.25) is 11.8 Å². The molecule has 3 aliphatic heterocycles. The SMILES string of the molecule is CCOc1ccc(CC(=O)N2CCC3(CC2)CC(OCC(=O)N2CCCC2)CCO3)cc1. The van der Waals surface area contributed by atoms with E-state index in [4.69, 9.17) is 14.2 Å². The number of likely N-dealkylation sites (tertiary alicyclic amines) is 2. The number of nitrogens with zero attached hydrogens (tertiary/aromatic N) is 2. The summed E-state index contributed by atoms with van der Waals surface area (Å²) in [6.07, 6.45) is 5.94. The predicted octanol–water partition coefficient (Wildman–Crippen LogP) is 2.81. The van der Waals surface area contributed by atoms with Crippen LogP contribution < -0.4 is 4.74 Å². The van der Waals surface area contributed by atoms with E-state index in [9.17, 15) is 9.59 Å². The molecule has 1 spiro atoms. The molecule has 1 atom stereocenters. The lowest BCUT2D eigenvalue weighted by molar-refractivity contribution is -0.166. The van der Waals surface area contributed by atoms with Crippen LogP contribution in [0, 0.1) is 0 Å². The number of carbonyl (C=O) groups excluding carboxylic acids is 2. The van der Waals surface area contributed by atoms with E-state index in [0.717, 1.165) is 62.9 Å². The Kier molecular flexibility index (Phi) is 7.68. The van der Waals surface area contributed by atoms with E-state index in [0.29, 0.717) is 32.7 Å². The third kappa shape index (κ3) is 5.81. The van der Waals surface area contributed by atoms with Crippen LogP contribution >= 0.6 is 0 Å². The highest BCUT2D eigenvalue weighted by molar-refractivity contribution is 5.79. The molecule has 0 saturated carbocycles. The van der Waals surface area contributed by atoms with Crippen molar-refractivity contribution < 1.29 is 23.8 Å². The number of rotatable bonds is 7. The smallest absolute Gasteiger partial charge is 0.248 e. The zero-order valence-electron chi connectivity index (χ0n) is 19.2. The monoisotopic (exact) mass is 444 g/mol. The molecule has 2 amide bonds. The molecule has 0 N–H and O–H groups in total. The van der Waals surface area contributed by atoms with Gasteiger partial charge < -0.3 is 24.0 Å². The first-order chi connectivity index (χ1) is 15.6. The van der Waals surface area contributed by atoms with Crippen LogP contribution in [-0.2, 0) is 25.5 Å². The average Bonchev–Trinajstić information content (AvgIpc) is 3.35. The van der Waals surface area contributed by atoms with Gasteiger partial charge in [0.05, 0.1) is 24.7 Å². The molecule has 3 fully saturated rings. The second-order valence-electron chi connectivity index (χ2n) is 9.18. The summed E-state index contributed by atoms with van der Waals surface area (Å²) in [6, 6.07) is 7.76. The first-order valence-corrected chi connectivity index (χ1v) is 12.1. The largest absolute Gasteiger partial charge is 0.494 e. The Hall–Kier alpha value is -2.12. The van der Waals surface area contributed by atoms with E-state index < -0.39 is 0 Å². The summed E-state index contributed by atoms with van der Waals surface area (Å²) in [5.41, 5.74) is 0.777. The first-order valence-electron chi connectivity index (χ1n) is 12.1. The van der Waals surface area contributed by atoms with Gasteiger partial charge in [0.15, 0.2) is 0 Å². The van der Waals surface area contributed by atoms with Gasteiger partial charge in [-0.25, -0.2) is 0 Å². The van der Waals surface area contributed by atoms with Crippen LogP contribution in [0.25, 0.3) is 0 Å². The molecular formula is C25H36N2O5. The van der Waals surface area contributed by atoms with Crippen molar-refractivity contribution in [2.75, 3.05) is 46.0 Å². The molecule has 0 bridgehead atoms. The van der Waals surface area contributed by atoms with Crippen LogP contribution in [0.4, 0.5) is 0 Å². The summed E-state index contributed by atoms with van der Waals surface area (Å²) in [6.45, 7) is 6.55. The number of hydrogen-bond acceptors (Lipinski definition) is 5. The number of benzene rings is 1. The third-order valence-corrected chi connectivity index (χ3v) is 6.97. The maximum absolute atomic E-state index is 12.8. The number of piperidine rings is 1. The van der Waals surface area contributed by atoms with E-state index in [1.807, 2.05) is 41.0 Å². The van der Waals surface area contributed by atoms with Crippen molar-refractivity contribution in [3.05, 3.63) is 29.8 Å². The first kappa shape index (κ1) is 23.1. The van der Waals surface area contributed by atoms with Crippen molar-refractivity contribution in [2.24, 2.45) is 0 Å². The fraction of sp³-hybridized carbons (Fsp3) is 0.680. The summed E-state index contributed by atoms with van der Waals surface area (Å²) in [5, 5.41) is 0. The molecular weight excluding hydrogens is 408 g/mol. The lowest BCUT2D eigenvalue weighted by Gasteiger charge is -2.46. The van der Waals surface area contributed by atoms with E-state index in [1.165, 1.54) is 0 Å². The Morgan fingerprint density at radius 2 is 1.72 bits per heavy atom. The van der Waals surface area contributed by atoms with Gasteiger partial charge in [-0.3, -0.25) is 9.59 Å². The van der Waals surface area contributed by atoms with Crippen molar-refractivity contribution in [3.8, 4) is 5.75 Å². The normalized spacial score (nSPS) is 22.8. The van der Waals surface area contributed by atoms with Gasteiger partial charge in [0.1, 0.15) is 12.4 Å². The van der Waals surface area contributed by atoms with Gasteiger partial charge in [-0.15, -0.1) is 0 Å². The summed E-state index contributed by atoms with van der Waals surface area (Å²) in [4.78, 5) is 29.0. The number of amides is 2.